The fraction of sp³-hybridized carbons (Fsp3) is 0.471. The summed E-state index contributed by atoms with van der Waals surface area (Å²) in [5.74, 6) is -0.644. The molecular weight excluding hydrogens is 592 g/mol. The number of amides is 3. The lowest BCUT2D eigenvalue weighted by molar-refractivity contribution is -0.144. The van der Waals surface area contributed by atoms with Crippen LogP contribution in [0.3, 0.4) is 0 Å². The lowest BCUT2D eigenvalue weighted by Gasteiger charge is -2.33. The van der Waals surface area contributed by atoms with Gasteiger partial charge in [-0.2, -0.15) is 4.99 Å². The Bertz CT molecular complexity index is 1410. The molecule has 3 amide bonds. The van der Waals surface area contributed by atoms with E-state index in [1.54, 1.807) is 78.9 Å². The van der Waals surface area contributed by atoms with E-state index < -0.39 is 41.5 Å². The van der Waals surface area contributed by atoms with Crippen LogP contribution in [-0.4, -0.2) is 66.4 Å². The highest BCUT2D eigenvalue weighted by Gasteiger charge is 2.36. The Hall–Kier alpha value is -4.74. The van der Waals surface area contributed by atoms with E-state index in [0.717, 1.165) is 5.69 Å². The summed E-state index contributed by atoms with van der Waals surface area (Å²) in [6, 6.07) is 7.48. The number of carbonyl (C=O) groups is 4. The molecule has 2 rings (SSSR count). The molecule has 12 heteroatoms. The molecule has 46 heavy (non-hydrogen) atoms. The highest BCUT2D eigenvalue weighted by atomic mass is 16.6. The molecule has 0 radical (unpaired) electrons. The number of aryl methyl sites for hydroxylation is 1. The number of methoxy groups -OCH3 is 1. The van der Waals surface area contributed by atoms with Gasteiger partial charge >= 0.3 is 24.2 Å². The van der Waals surface area contributed by atoms with Gasteiger partial charge in [-0.3, -0.25) is 15.2 Å². The number of aliphatic imine (C=N–C) groups is 1. The number of anilines is 2. The van der Waals surface area contributed by atoms with Gasteiger partial charge in [-0.05, 0) is 104 Å². The third-order valence-corrected chi connectivity index (χ3v) is 6.02. The van der Waals surface area contributed by atoms with E-state index in [9.17, 15) is 19.2 Å². The van der Waals surface area contributed by atoms with E-state index in [2.05, 4.69) is 21.9 Å². The number of hydrogen-bond donors (Lipinski definition) is 1. The third-order valence-electron chi connectivity index (χ3n) is 6.02. The molecule has 0 bridgehead atoms. The number of ether oxygens (including phenoxy) is 4. The Balaban J connectivity index is 2.57. The summed E-state index contributed by atoms with van der Waals surface area (Å²) in [7, 11) is 1.24. The summed E-state index contributed by atoms with van der Waals surface area (Å²) in [6.45, 7) is 16.0. The Morgan fingerprint density at radius 3 is 2.35 bits per heavy atom. The molecule has 0 saturated carbocycles. The fourth-order valence-corrected chi connectivity index (χ4v) is 4.21. The van der Waals surface area contributed by atoms with Crippen LogP contribution in [0.5, 0.6) is 0 Å². The van der Waals surface area contributed by atoms with Gasteiger partial charge in [0.2, 0.25) is 0 Å². The van der Waals surface area contributed by atoms with E-state index >= 15 is 0 Å². The van der Waals surface area contributed by atoms with Gasteiger partial charge in [0.15, 0.2) is 0 Å². The number of benzene rings is 1. The second-order valence-electron chi connectivity index (χ2n) is 12.2. The van der Waals surface area contributed by atoms with E-state index in [1.165, 1.54) is 24.3 Å². The van der Waals surface area contributed by atoms with E-state index in [1.807, 2.05) is 6.07 Å². The highest BCUT2D eigenvalue weighted by Crippen LogP contribution is 2.37. The number of nitrogens with zero attached hydrogens (tertiary/aromatic N) is 3. The van der Waals surface area contributed by atoms with Crippen LogP contribution in [0, 0.1) is 0 Å². The van der Waals surface area contributed by atoms with Crippen molar-refractivity contribution in [1.82, 2.24) is 4.98 Å². The monoisotopic (exact) mass is 638 g/mol. The maximum Gasteiger partial charge on any atom is 0.433 e. The molecule has 12 nitrogen and oxygen atoms in total. The number of nitrogens with one attached hydrogen (secondary N) is 1. The summed E-state index contributed by atoms with van der Waals surface area (Å²) in [4.78, 5) is 60.6. The molecule has 2 aromatic rings. The first kappa shape index (κ1) is 37.4. The molecule has 1 aromatic heterocycles. The van der Waals surface area contributed by atoms with Crippen LogP contribution < -0.4 is 10.2 Å². The number of rotatable bonds is 12. The molecule has 1 aromatic carbocycles. The highest BCUT2D eigenvalue weighted by molar-refractivity contribution is 6.01. The van der Waals surface area contributed by atoms with Crippen LogP contribution in [-0.2, 0) is 30.2 Å². The second-order valence-corrected chi connectivity index (χ2v) is 12.2. The van der Waals surface area contributed by atoms with Crippen molar-refractivity contribution in [2.75, 3.05) is 23.9 Å². The second kappa shape index (κ2) is 17.1. The smallest absolute Gasteiger partial charge is 0.433 e. The van der Waals surface area contributed by atoms with Crippen LogP contribution in [0.1, 0.15) is 73.4 Å². The number of pyridine rings is 1. The minimum absolute atomic E-state index is 0.0681. The number of hydrogen-bond acceptors (Lipinski definition) is 9. The van der Waals surface area contributed by atoms with Gasteiger partial charge in [0.25, 0.3) is 0 Å². The molecule has 0 saturated heterocycles. The van der Waals surface area contributed by atoms with Crippen molar-refractivity contribution in [3.8, 4) is 11.1 Å². The average Bonchev–Trinajstić information content (AvgIpc) is 2.95. The van der Waals surface area contributed by atoms with E-state index in [4.69, 9.17) is 18.9 Å². The molecular formula is C34H46N4O8. The largest absolute Gasteiger partial charge is 0.464 e. The van der Waals surface area contributed by atoms with Crippen molar-refractivity contribution >= 4 is 41.8 Å². The molecule has 0 spiro atoms. The predicted molar refractivity (Wildman–Crippen MR) is 177 cm³/mol. The van der Waals surface area contributed by atoms with Crippen molar-refractivity contribution in [2.24, 2.45) is 4.99 Å². The van der Waals surface area contributed by atoms with Crippen molar-refractivity contribution < 1.29 is 38.1 Å². The van der Waals surface area contributed by atoms with E-state index in [-0.39, 0.29) is 18.7 Å². The van der Waals surface area contributed by atoms with E-state index in [0.29, 0.717) is 36.1 Å². The van der Waals surface area contributed by atoms with Gasteiger partial charge in [0, 0.05) is 29.4 Å². The molecule has 250 valence electrons. The van der Waals surface area contributed by atoms with Gasteiger partial charge in [0.05, 0.1) is 19.4 Å². The van der Waals surface area contributed by atoms with Gasteiger partial charge in [-0.15, -0.1) is 6.58 Å². The van der Waals surface area contributed by atoms with Crippen LogP contribution in [0.25, 0.3) is 11.1 Å². The molecule has 1 atom stereocenters. The Kier molecular flexibility index (Phi) is 13.9. The quantitative estimate of drug-likeness (QED) is 0.0820. The average molecular weight is 639 g/mol. The number of esters is 1. The SMILES string of the molecule is C=CC[C@@H](C(=O)OCC)N(C(=O)OC(C)(C)C)c1cc(NC(=O)OC)ccc1-c1ccnc(CCCC=NC(=O)OC(C)(C)C)c1. The summed E-state index contributed by atoms with van der Waals surface area (Å²) in [5, 5.41) is 2.62. The van der Waals surface area contributed by atoms with Crippen LogP contribution in [0.4, 0.5) is 25.8 Å². The van der Waals surface area contributed by atoms with Crippen LogP contribution in [0.2, 0.25) is 0 Å². The van der Waals surface area contributed by atoms with Gasteiger partial charge in [-0.1, -0.05) is 12.1 Å². The van der Waals surface area contributed by atoms with Gasteiger partial charge in [-0.25, -0.2) is 19.2 Å². The minimum atomic E-state index is -1.12. The van der Waals surface area contributed by atoms with Crippen molar-refractivity contribution in [1.29, 1.82) is 0 Å². The zero-order valence-corrected chi connectivity index (χ0v) is 28.0. The van der Waals surface area contributed by atoms with Gasteiger partial charge in [0.1, 0.15) is 17.2 Å². The van der Waals surface area contributed by atoms with Crippen LogP contribution >= 0.6 is 0 Å². The molecule has 0 aliphatic carbocycles. The maximum atomic E-state index is 13.8. The first-order chi connectivity index (χ1) is 21.6. The van der Waals surface area contributed by atoms with Gasteiger partial charge < -0.3 is 18.9 Å². The number of carbonyl (C=O) groups excluding carboxylic acids is 4. The Morgan fingerprint density at radius 1 is 1.04 bits per heavy atom. The standard InChI is InChI=1S/C34H46N4O8/c1-10-14-27(29(39)44-11-2)38(32(42)46-34(6,7)8)28-22-25(37-31(41)43-9)16-17-26(28)23-18-20-35-24(21-23)15-12-13-19-36-30(40)45-33(3,4)5/h10,16-22,27H,1,11-15H2,2-9H3,(H,37,41)/t27-/m0/s1. The fourth-order valence-electron chi connectivity index (χ4n) is 4.21. The first-order valence-corrected chi connectivity index (χ1v) is 15.1. The molecule has 0 aliphatic rings. The van der Waals surface area contributed by atoms with Crippen LogP contribution in [0.15, 0.2) is 54.2 Å². The zero-order valence-electron chi connectivity index (χ0n) is 28.0. The topological polar surface area (TPSA) is 146 Å². The maximum absolute atomic E-state index is 13.8. The minimum Gasteiger partial charge on any atom is -0.464 e. The molecule has 1 N–H and O–H groups in total. The third kappa shape index (κ3) is 12.3. The summed E-state index contributed by atoms with van der Waals surface area (Å²) >= 11 is 0. The van der Waals surface area contributed by atoms with Crippen molar-refractivity contribution in [2.45, 2.75) is 91.4 Å². The molecule has 0 fully saturated rings. The summed E-state index contributed by atoms with van der Waals surface area (Å²) in [6.07, 6.45) is 4.38. The Labute approximate surface area is 271 Å². The Morgan fingerprint density at radius 2 is 1.74 bits per heavy atom. The zero-order chi connectivity index (χ0) is 34.5. The lowest BCUT2D eigenvalue weighted by Crippen LogP contribution is -2.48. The normalized spacial score (nSPS) is 12.2. The van der Waals surface area contributed by atoms with Crippen molar-refractivity contribution in [3.63, 3.8) is 0 Å². The lowest BCUT2D eigenvalue weighted by atomic mass is 9.99. The summed E-state index contributed by atoms with van der Waals surface area (Å²) < 4.78 is 21.0. The molecule has 1 heterocycles. The first-order valence-electron chi connectivity index (χ1n) is 15.1. The molecule has 0 aliphatic heterocycles. The number of aromatic nitrogens is 1. The number of unbranched alkanes of at least 4 members (excludes halogenated alkanes) is 1. The summed E-state index contributed by atoms with van der Waals surface area (Å²) in [5.41, 5.74) is 1.11. The molecule has 0 unspecified atom stereocenters. The predicted octanol–water partition coefficient (Wildman–Crippen LogP) is 7.50. The van der Waals surface area contributed by atoms with Crippen molar-refractivity contribution in [3.05, 3.63) is 54.9 Å².